The van der Waals surface area contributed by atoms with Gasteiger partial charge in [-0.2, -0.15) is 0 Å². The van der Waals surface area contributed by atoms with Crippen molar-refractivity contribution in [2.24, 2.45) is 0 Å². The third-order valence-electron chi connectivity index (χ3n) is 4.39. The molecule has 0 aromatic rings. The maximum atomic E-state index is 12.5. The minimum absolute atomic E-state index is 0.0108. The molecular weight excluding hydrogens is 212 g/mol. The largest absolute Gasteiger partial charge is 0.333 e. The van der Waals surface area contributed by atoms with E-state index in [9.17, 15) is 4.79 Å². The van der Waals surface area contributed by atoms with Crippen LogP contribution in [0.4, 0.5) is 0 Å². The van der Waals surface area contributed by atoms with E-state index in [0.29, 0.717) is 11.9 Å². The van der Waals surface area contributed by atoms with Gasteiger partial charge in [-0.15, -0.1) is 0 Å². The highest BCUT2D eigenvalue weighted by Gasteiger charge is 2.40. The molecule has 0 radical (unpaired) electrons. The normalized spacial score (nSPS) is 31.4. The summed E-state index contributed by atoms with van der Waals surface area (Å²) in [6, 6.07) is 0.465. The zero-order valence-electron chi connectivity index (χ0n) is 11.5. The number of amides is 1. The summed E-state index contributed by atoms with van der Waals surface area (Å²) in [7, 11) is 0. The molecule has 2 fully saturated rings. The molecule has 1 N–H and O–H groups in total. The van der Waals surface area contributed by atoms with Crippen LogP contribution in [0.3, 0.4) is 0 Å². The molecule has 3 heteroatoms. The highest BCUT2D eigenvalue weighted by molar-refractivity contribution is 5.82. The number of nitrogens with zero attached hydrogens (tertiary/aromatic N) is 1. The molecule has 0 bridgehead atoms. The number of hydrogen-bond donors (Lipinski definition) is 1. The quantitative estimate of drug-likeness (QED) is 0.760. The van der Waals surface area contributed by atoms with Gasteiger partial charge < -0.3 is 10.2 Å². The van der Waals surface area contributed by atoms with Gasteiger partial charge in [0.1, 0.15) is 0 Å². The first-order valence-corrected chi connectivity index (χ1v) is 7.09. The van der Waals surface area contributed by atoms with E-state index in [1.807, 2.05) is 6.92 Å². The van der Waals surface area contributed by atoms with Crippen LogP contribution in [0.1, 0.15) is 59.3 Å². The molecular formula is C14H26N2O. The molecule has 1 saturated heterocycles. The van der Waals surface area contributed by atoms with Crippen LogP contribution in [0, 0.1) is 0 Å². The van der Waals surface area contributed by atoms with Crippen molar-refractivity contribution in [3.8, 4) is 0 Å². The molecule has 98 valence electrons. The third-order valence-corrected chi connectivity index (χ3v) is 4.39. The average Bonchev–Trinajstić information content (AvgIpc) is 2.38. The van der Waals surface area contributed by atoms with Gasteiger partial charge >= 0.3 is 0 Å². The summed E-state index contributed by atoms with van der Waals surface area (Å²) in [5, 5.41) is 3.33. The van der Waals surface area contributed by atoms with Crippen molar-refractivity contribution in [2.75, 3.05) is 6.54 Å². The summed E-state index contributed by atoms with van der Waals surface area (Å²) in [4.78, 5) is 14.7. The Morgan fingerprint density at radius 3 is 2.53 bits per heavy atom. The Bertz CT molecular complexity index is 282. The van der Waals surface area contributed by atoms with Crippen LogP contribution in [-0.2, 0) is 4.79 Å². The topological polar surface area (TPSA) is 32.3 Å². The van der Waals surface area contributed by atoms with Crippen LogP contribution >= 0.6 is 0 Å². The maximum absolute atomic E-state index is 12.5. The first kappa shape index (κ1) is 12.9. The van der Waals surface area contributed by atoms with E-state index in [2.05, 4.69) is 24.1 Å². The third kappa shape index (κ3) is 2.65. The maximum Gasteiger partial charge on any atom is 0.240 e. The van der Waals surface area contributed by atoms with Crippen molar-refractivity contribution in [3.05, 3.63) is 0 Å². The van der Waals surface area contributed by atoms with Gasteiger partial charge in [-0.3, -0.25) is 4.79 Å². The van der Waals surface area contributed by atoms with Crippen LogP contribution in [-0.4, -0.2) is 35.0 Å². The average molecular weight is 238 g/mol. The van der Waals surface area contributed by atoms with Crippen molar-refractivity contribution < 1.29 is 4.79 Å². The number of rotatable bonds is 1. The van der Waals surface area contributed by atoms with Gasteiger partial charge in [-0.05, 0) is 46.6 Å². The Balaban J connectivity index is 2.20. The van der Waals surface area contributed by atoms with E-state index in [1.165, 1.54) is 32.1 Å². The number of hydrogen-bond acceptors (Lipinski definition) is 2. The zero-order chi connectivity index (χ0) is 12.5. The molecule has 0 aromatic heterocycles. The van der Waals surface area contributed by atoms with E-state index in [4.69, 9.17) is 0 Å². The molecule has 0 spiro atoms. The van der Waals surface area contributed by atoms with Gasteiger partial charge in [0.05, 0.1) is 6.04 Å². The first-order valence-electron chi connectivity index (χ1n) is 7.09. The molecule has 0 aromatic carbocycles. The van der Waals surface area contributed by atoms with E-state index < -0.39 is 0 Å². The molecule has 17 heavy (non-hydrogen) atoms. The van der Waals surface area contributed by atoms with Crippen molar-refractivity contribution in [3.63, 3.8) is 0 Å². The molecule has 1 aliphatic carbocycles. The molecule has 1 unspecified atom stereocenters. The van der Waals surface area contributed by atoms with E-state index in [-0.39, 0.29) is 11.6 Å². The molecule has 1 saturated carbocycles. The lowest BCUT2D eigenvalue weighted by atomic mass is 9.88. The molecule has 1 heterocycles. The standard InChI is InChI=1S/C14H26N2O/c1-11-13(17)16(12-7-5-4-6-8-12)14(2,3)9-10-15-11/h11-12,15H,4-10H2,1-3H3. The Morgan fingerprint density at radius 1 is 1.24 bits per heavy atom. The molecule has 2 aliphatic rings. The van der Waals surface area contributed by atoms with E-state index in [1.54, 1.807) is 0 Å². The van der Waals surface area contributed by atoms with Crippen molar-refractivity contribution in [2.45, 2.75) is 76.9 Å². The Morgan fingerprint density at radius 2 is 1.88 bits per heavy atom. The molecule has 1 amide bonds. The van der Waals surface area contributed by atoms with E-state index in [0.717, 1.165) is 13.0 Å². The lowest BCUT2D eigenvalue weighted by Gasteiger charge is -2.44. The SMILES string of the molecule is CC1NCCC(C)(C)N(C2CCCCC2)C1=O. The summed E-state index contributed by atoms with van der Waals surface area (Å²) >= 11 is 0. The van der Waals surface area contributed by atoms with Crippen molar-refractivity contribution in [1.29, 1.82) is 0 Å². The fourth-order valence-corrected chi connectivity index (χ4v) is 3.32. The summed E-state index contributed by atoms with van der Waals surface area (Å²) in [5.74, 6) is 0.305. The minimum Gasteiger partial charge on any atom is -0.333 e. The molecule has 1 atom stereocenters. The predicted octanol–water partition coefficient (Wildman–Crippen LogP) is 2.31. The van der Waals surface area contributed by atoms with Gasteiger partial charge in [0, 0.05) is 11.6 Å². The minimum atomic E-state index is -0.0151. The van der Waals surface area contributed by atoms with E-state index >= 15 is 0 Å². The lowest BCUT2D eigenvalue weighted by molar-refractivity contribution is -0.141. The number of carbonyl (C=O) groups is 1. The van der Waals surface area contributed by atoms with Crippen LogP contribution in [0.15, 0.2) is 0 Å². The fourth-order valence-electron chi connectivity index (χ4n) is 3.32. The highest BCUT2D eigenvalue weighted by Crippen LogP contribution is 2.31. The number of carbonyl (C=O) groups excluding carboxylic acids is 1. The first-order chi connectivity index (χ1) is 8.02. The zero-order valence-corrected chi connectivity index (χ0v) is 11.5. The van der Waals surface area contributed by atoms with Gasteiger partial charge in [0.25, 0.3) is 0 Å². The van der Waals surface area contributed by atoms with Crippen LogP contribution < -0.4 is 5.32 Å². The Labute approximate surface area is 105 Å². The fraction of sp³-hybridized carbons (Fsp3) is 0.929. The van der Waals surface area contributed by atoms with Gasteiger partial charge in [0.15, 0.2) is 0 Å². The van der Waals surface area contributed by atoms with Gasteiger partial charge in [-0.1, -0.05) is 19.3 Å². The smallest absolute Gasteiger partial charge is 0.240 e. The Hall–Kier alpha value is -0.570. The predicted molar refractivity (Wildman–Crippen MR) is 69.9 cm³/mol. The second-order valence-corrected chi connectivity index (χ2v) is 6.24. The van der Waals surface area contributed by atoms with Gasteiger partial charge in [-0.25, -0.2) is 0 Å². The Kier molecular flexibility index (Phi) is 3.76. The highest BCUT2D eigenvalue weighted by atomic mass is 16.2. The summed E-state index contributed by atoms with van der Waals surface area (Å²) < 4.78 is 0. The van der Waals surface area contributed by atoms with Gasteiger partial charge in [0.2, 0.25) is 5.91 Å². The summed E-state index contributed by atoms with van der Waals surface area (Å²) in [6.07, 6.45) is 7.36. The van der Waals surface area contributed by atoms with Crippen molar-refractivity contribution >= 4 is 5.91 Å². The number of nitrogens with one attached hydrogen (secondary N) is 1. The summed E-state index contributed by atoms with van der Waals surface area (Å²) in [6.45, 7) is 7.39. The van der Waals surface area contributed by atoms with Crippen LogP contribution in [0.2, 0.25) is 0 Å². The summed E-state index contributed by atoms with van der Waals surface area (Å²) in [5.41, 5.74) is 0.0108. The second kappa shape index (κ2) is 4.97. The monoisotopic (exact) mass is 238 g/mol. The second-order valence-electron chi connectivity index (χ2n) is 6.24. The molecule has 1 aliphatic heterocycles. The van der Waals surface area contributed by atoms with Crippen molar-refractivity contribution in [1.82, 2.24) is 10.2 Å². The van der Waals surface area contributed by atoms with Crippen LogP contribution in [0.25, 0.3) is 0 Å². The lowest BCUT2D eigenvalue weighted by Crippen LogP contribution is -2.55. The molecule has 3 nitrogen and oxygen atoms in total. The molecule has 2 rings (SSSR count). The van der Waals surface area contributed by atoms with Crippen LogP contribution in [0.5, 0.6) is 0 Å².